The molecule has 18 heavy (non-hydrogen) atoms. The molecule has 0 radical (unpaired) electrons. The number of nitrogens with two attached hydrogens (primary N) is 1. The molecule has 5 heteroatoms. The van der Waals surface area contributed by atoms with Gasteiger partial charge in [0.15, 0.2) is 11.6 Å². The monoisotopic (exact) mass is 250 g/mol. The summed E-state index contributed by atoms with van der Waals surface area (Å²) in [6.07, 6.45) is 10.4. The first-order valence-electron chi connectivity index (χ1n) is 6.72. The number of rotatable bonds is 3. The molecule has 3 N–H and O–H groups in total. The second kappa shape index (κ2) is 6.42. The molecular weight excluding hydrogens is 228 g/mol. The van der Waals surface area contributed by atoms with Crippen LogP contribution in [0.4, 0.5) is 11.6 Å². The number of nitrogen functional groups attached to an aromatic ring is 1. The van der Waals surface area contributed by atoms with E-state index in [1.54, 1.807) is 7.11 Å². The summed E-state index contributed by atoms with van der Waals surface area (Å²) in [6.45, 7) is 0. The maximum Gasteiger partial charge on any atom is 0.203 e. The van der Waals surface area contributed by atoms with Gasteiger partial charge in [-0.3, -0.25) is 0 Å². The minimum Gasteiger partial charge on any atom is -0.490 e. The van der Waals surface area contributed by atoms with Gasteiger partial charge in [0.2, 0.25) is 5.75 Å². The van der Waals surface area contributed by atoms with Crippen LogP contribution in [0.2, 0.25) is 0 Å². The van der Waals surface area contributed by atoms with Gasteiger partial charge in [0.1, 0.15) is 6.33 Å². The number of nitrogens with one attached hydrogen (secondary N) is 1. The highest BCUT2D eigenvalue weighted by Crippen LogP contribution is 2.29. The van der Waals surface area contributed by atoms with Gasteiger partial charge >= 0.3 is 0 Å². The Hall–Kier alpha value is -1.52. The van der Waals surface area contributed by atoms with Crippen LogP contribution in [0.25, 0.3) is 0 Å². The van der Waals surface area contributed by atoms with E-state index >= 15 is 0 Å². The zero-order valence-electron chi connectivity index (χ0n) is 11.0. The Balaban J connectivity index is 2.05. The Bertz CT molecular complexity index is 375. The molecule has 1 heterocycles. The van der Waals surface area contributed by atoms with Gasteiger partial charge in [-0.05, 0) is 12.8 Å². The van der Waals surface area contributed by atoms with Gasteiger partial charge < -0.3 is 15.8 Å². The fraction of sp³-hybridized carbons (Fsp3) is 0.692. The lowest BCUT2D eigenvalue weighted by Crippen LogP contribution is -2.22. The molecule has 0 spiro atoms. The molecule has 100 valence electrons. The van der Waals surface area contributed by atoms with Gasteiger partial charge in [-0.1, -0.05) is 32.1 Å². The Morgan fingerprint density at radius 2 is 1.83 bits per heavy atom. The zero-order chi connectivity index (χ0) is 12.8. The van der Waals surface area contributed by atoms with Gasteiger partial charge in [0.25, 0.3) is 0 Å². The third-order valence-corrected chi connectivity index (χ3v) is 3.48. The van der Waals surface area contributed by atoms with Crippen molar-refractivity contribution in [2.24, 2.45) is 0 Å². The third kappa shape index (κ3) is 3.24. The van der Waals surface area contributed by atoms with Crippen molar-refractivity contribution in [1.29, 1.82) is 0 Å². The molecule has 1 aromatic heterocycles. The maximum absolute atomic E-state index is 5.78. The average molecular weight is 250 g/mol. The van der Waals surface area contributed by atoms with E-state index in [9.17, 15) is 0 Å². The van der Waals surface area contributed by atoms with Crippen molar-refractivity contribution in [2.75, 3.05) is 18.2 Å². The minimum absolute atomic E-state index is 0.390. The van der Waals surface area contributed by atoms with E-state index in [1.807, 2.05) is 0 Å². The first-order valence-corrected chi connectivity index (χ1v) is 6.72. The van der Waals surface area contributed by atoms with Crippen LogP contribution in [0, 0.1) is 0 Å². The number of hydrogen-bond donors (Lipinski definition) is 2. The highest BCUT2D eigenvalue weighted by molar-refractivity contribution is 5.61. The molecule has 0 aliphatic heterocycles. The van der Waals surface area contributed by atoms with Crippen LogP contribution < -0.4 is 15.8 Å². The van der Waals surface area contributed by atoms with Crippen LogP contribution in [0.3, 0.4) is 0 Å². The first-order chi connectivity index (χ1) is 8.81. The van der Waals surface area contributed by atoms with Crippen LogP contribution in [0.1, 0.15) is 44.9 Å². The van der Waals surface area contributed by atoms with Gasteiger partial charge in [-0.25, -0.2) is 9.97 Å². The fourth-order valence-electron chi connectivity index (χ4n) is 2.49. The van der Waals surface area contributed by atoms with Crippen molar-refractivity contribution in [3.05, 3.63) is 6.33 Å². The molecule has 1 fully saturated rings. The largest absolute Gasteiger partial charge is 0.490 e. The molecule has 1 aliphatic rings. The predicted molar refractivity (Wildman–Crippen MR) is 72.7 cm³/mol. The van der Waals surface area contributed by atoms with Gasteiger partial charge in [0.05, 0.1) is 7.11 Å². The van der Waals surface area contributed by atoms with Crippen molar-refractivity contribution >= 4 is 11.6 Å². The van der Waals surface area contributed by atoms with Crippen molar-refractivity contribution in [2.45, 2.75) is 51.0 Å². The smallest absolute Gasteiger partial charge is 0.203 e. The molecule has 0 atom stereocenters. The quantitative estimate of drug-likeness (QED) is 0.862. The minimum atomic E-state index is 0.390. The Morgan fingerprint density at radius 3 is 2.50 bits per heavy atom. The summed E-state index contributed by atoms with van der Waals surface area (Å²) in [6, 6.07) is 0.466. The number of methoxy groups -OCH3 is 1. The summed E-state index contributed by atoms with van der Waals surface area (Å²) < 4.78 is 5.26. The Labute approximate surface area is 108 Å². The topological polar surface area (TPSA) is 73.1 Å². The summed E-state index contributed by atoms with van der Waals surface area (Å²) in [5, 5.41) is 3.45. The average Bonchev–Trinajstić information content (AvgIpc) is 2.32. The second-order valence-corrected chi connectivity index (χ2v) is 4.83. The predicted octanol–water partition coefficient (Wildman–Crippen LogP) is 2.59. The van der Waals surface area contributed by atoms with Gasteiger partial charge in [0, 0.05) is 6.04 Å². The summed E-state index contributed by atoms with van der Waals surface area (Å²) >= 11 is 0. The standard InChI is InChI=1S/C13H22N4O/c1-18-11-12(14)15-9-16-13(11)17-10-7-5-3-2-4-6-8-10/h9-10H,2-8H2,1H3,(H3,14,15,16,17). The lowest BCUT2D eigenvalue weighted by molar-refractivity contribution is 0.412. The summed E-state index contributed by atoms with van der Waals surface area (Å²) in [7, 11) is 1.60. The maximum atomic E-state index is 5.78. The van der Waals surface area contributed by atoms with E-state index in [2.05, 4.69) is 15.3 Å². The van der Waals surface area contributed by atoms with Crippen molar-refractivity contribution in [1.82, 2.24) is 9.97 Å². The van der Waals surface area contributed by atoms with E-state index in [0.717, 1.165) is 5.82 Å². The molecule has 0 unspecified atom stereocenters. The molecule has 1 aliphatic carbocycles. The molecule has 0 saturated heterocycles. The molecule has 1 aromatic rings. The van der Waals surface area contributed by atoms with E-state index in [4.69, 9.17) is 10.5 Å². The van der Waals surface area contributed by atoms with Crippen molar-refractivity contribution in [3.8, 4) is 5.75 Å². The molecule has 2 rings (SSSR count). The second-order valence-electron chi connectivity index (χ2n) is 4.83. The van der Waals surface area contributed by atoms with Crippen LogP contribution in [0.5, 0.6) is 5.75 Å². The summed E-state index contributed by atoms with van der Waals surface area (Å²) in [4.78, 5) is 8.17. The van der Waals surface area contributed by atoms with Crippen molar-refractivity contribution in [3.63, 3.8) is 0 Å². The fourth-order valence-corrected chi connectivity index (χ4v) is 2.49. The lowest BCUT2D eigenvalue weighted by Gasteiger charge is -2.22. The zero-order valence-corrected chi connectivity index (χ0v) is 11.0. The molecular formula is C13H22N4O. The van der Waals surface area contributed by atoms with Gasteiger partial charge in [-0.15, -0.1) is 0 Å². The van der Waals surface area contributed by atoms with E-state index in [0.29, 0.717) is 17.6 Å². The van der Waals surface area contributed by atoms with Crippen LogP contribution in [-0.2, 0) is 0 Å². The van der Waals surface area contributed by atoms with E-state index in [1.165, 1.54) is 51.3 Å². The summed E-state index contributed by atoms with van der Waals surface area (Å²) in [5.41, 5.74) is 5.78. The van der Waals surface area contributed by atoms with Crippen LogP contribution in [0.15, 0.2) is 6.33 Å². The van der Waals surface area contributed by atoms with E-state index < -0.39 is 0 Å². The number of aromatic nitrogens is 2. The number of anilines is 2. The third-order valence-electron chi connectivity index (χ3n) is 3.48. The Kier molecular flexibility index (Phi) is 4.61. The lowest BCUT2D eigenvalue weighted by atomic mass is 9.97. The molecule has 5 nitrogen and oxygen atoms in total. The highest BCUT2D eigenvalue weighted by atomic mass is 16.5. The molecule has 0 amide bonds. The SMILES string of the molecule is COc1c(N)ncnc1NC1CCCCCCC1. The number of hydrogen-bond acceptors (Lipinski definition) is 5. The Morgan fingerprint density at radius 1 is 1.17 bits per heavy atom. The van der Waals surface area contributed by atoms with Crippen LogP contribution in [-0.4, -0.2) is 23.1 Å². The van der Waals surface area contributed by atoms with Gasteiger partial charge in [-0.2, -0.15) is 0 Å². The normalized spacial score (nSPS) is 17.8. The molecule has 0 aromatic carbocycles. The van der Waals surface area contributed by atoms with E-state index in [-0.39, 0.29) is 0 Å². The summed E-state index contributed by atoms with van der Waals surface area (Å²) in [5.74, 6) is 1.66. The highest BCUT2D eigenvalue weighted by Gasteiger charge is 2.15. The molecule has 0 bridgehead atoms. The number of nitrogens with zero attached hydrogens (tertiary/aromatic N) is 2. The molecule has 1 saturated carbocycles. The number of ether oxygens (including phenoxy) is 1. The van der Waals surface area contributed by atoms with Crippen LogP contribution >= 0.6 is 0 Å². The first kappa shape index (κ1) is 12.9. The van der Waals surface area contributed by atoms with Crippen molar-refractivity contribution < 1.29 is 4.74 Å².